The van der Waals surface area contributed by atoms with Gasteiger partial charge in [-0.2, -0.15) is 0 Å². The Morgan fingerprint density at radius 1 is 1.54 bits per heavy atom. The summed E-state index contributed by atoms with van der Waals surface area (Å²) in [6.45, 7) is 1.70. The van der Waals surface area contributed by atoms with Crippen molar-refractivity contribution in [3.63, 3.8) is 0 Å². The quantitative estimate of drug-likeness (QED) is 0.641. The third-order valence-electron chi connectivity index (χ3n) is 2.33. The lowest BCUT2D eigenvalue weighted by Gasteiger charge is -2.15. The molecule has 4 heteroatoms. The Balaban J connectivity index is 2.42. The van der Waals surface area contributed by atoms with Crippen molar-refractivity contribution in [2.45, 2.75) is 18.8 Å². The second-order valence-corrected chi connectivity index (χ2v) is 3.36. The molecule has 4 nitrogen and oxygen atoms in total. The van der Waals surface area contributed by atoms with Gasteiger partial charge in [-0.15, -0.1) is 0 Å². The Bertz CT molecular complexity index is 355. The molecule has 0 spiro atoms. The van der Waals surface area contributed by atoms with Crippen LogP contribution in [0.25, 0.3) is 0 Å². The van der Waals surface area contributed by atoms with Gasteiger partial charge in [0.1, 0.15) is 11.2 Å². The number of carbonyl (C=O) groups excluding carboxylic acids is 2. The highest BCUT2D eigenvalue weighted by Gasteiger charge is 2.46. The number of rotatable bonds is 1. The summed E-state index contributed by atoms with van der Waals surface area (Å²) >= 11 is 0. The maximum atomic E-state index is 11.4. The molecule has 1 aliphatic heterocycles. The van der Waals surface area contributed by atoms with Crippen molar-refractivity contribution in [2.24, 2.45) is 0 Å². The van der Waals surface area contributed by atoms with Crippen molar-refractivity contribution in [1.82, 2.24) is 5.32 Å². The smallest absolute Gasteiger partial charge is 0.240 e. The standard InChI is InChI=1S/C9H9NO3/c1-9(6-3-2-4-13-6)5-7(11)10-8(9)12/h2-4H,5H2,1H3,(H,10,11,12). The van der Waals surface area contributed by atoms with E-state index in [-0.39, 0.29) is 18.2 Å². The number of hydrogen-bond donors (Lipinski definition) is 1. The van der Waals surface area contributed by atoms with Crippen LogP contribution in [-0.4, -0.2) is 11.8 Å². The van der Waals surface area contributed by atoms with Gasteiger partial charge in [0.25, 0.3) is 0 Å². The molecule has 1 aromatic rings. The molecule has 0 bridgehead atoms. The van der Waals surface area contributed by atoms with E-state index < -0.39 is 5.41 Å². The number of amides is 2. The highest BCUT2D eigenvalue weighted by molar-refractivity contribution is 6.08. The van der Waals surface area contributed by atoms with Crippen LogP contribution < -0.4 is 5.32 Å². The zero-order valence-electron chi connectivity index (χ0n) is 7.16. The third-order valence-corrected chi connectivity index (χ3v) is 2.33. The Morgan fingerprint density at radius 3 is 2.77 bits per heavy atom. The lowest BCUT2D eigenvalue weighted by Crippen LogP contribution is -2.32. The number of imide groups is 1. The number of hydrogen-bond acceptors (Lipinski definition) is 3. The van der Waals surface area contributed by atoms with Gasteiger partial charge in [0.05, 0.1) is 6.26 Å². The lowest BCUT2D eigenvalue weighted by atomic mass is 9.86. The van der Waals surface area contributed by atoms with Crippen molar-refractivity contribution in [3.8, 4) is 0 Å². The Morgan fingerprint density at radius 2 is 2.31 bits per heavy atom. The lowest BCUT2D eigenvalue weighted by molar-refractivity contribution is -0.126. The largest absolute Gasteiger partial charge is 0.468 e. The maximum absolute atomic E-state index is 11.4. The predicted octanol–water partition coefficient (Wildman–Crippen LogP) is 0.584. The van der Waals surface area contributed by atoms with E-state index >= 15 is 0 Å². The second kappa shape index (κ2) is 2.45. The Hall–Kier alpha value is -1.58. The molecule has 1 fully saturated rings. The molecule has 1 saturated heterocycles. The minimum absolute atomic E-state index is 0.166. The molecule has 2 rings (SSSR count). The molecule has 1 N–H and O–H groups in total. The fourth-order valence-corrected chi connectivity index (χ4v) is 1.50. The first-order valence-electron chi connectivity index (χ1n) is 4.01. The Labute approximate surface area is 74.9 Å². The van der Waals surface area contributed by atoms with Crippen LogP contribution in [0.4, 0.5) is 0 Å². The first kappa shape index (κ1) is 8.04. The van der Waals surface area contributed by atoms with Gasteiger partial charge in [-0.3, -0.25) is 14.9 Å². The molecule has 1 aliphatic rings. The normalized spacial score (nSPS) is 27.8. The maximum Gasteiger partial charge on any atom is 0.240 e. The van der Waals surface area contributed by atoms with Gasteiger partial charge < -0.3 is 4.42 Å². The van der Waals surface area contributed by atoms with Crippen molar-refractivity contribution in [3.05, 3.63) is 24.2 Å². The van der Waals surface area contributed by atoms with E-state index in [4.69, 9.17) is 4.42 Å². The molecular formula is C9H9NO3. The topological polar surface area (TPSA) is 59.3 Å². The van der Waals surface area contributed by atoms with Crippen LogP contribution in [0.3, 0.4) is 0 Å². The molecular weight excluding hydrogens is 170 g/mol. The highest BCUT2D eigenvalue weighted by atomic mass is 16.3. The van der Waals surface area contributed by atoms with Crippen LogP contribution in [-0.2, 0) is 15.0 Å². The van der Waals surface area contributed by atoms with Gasteiger partial charge in [0.2, 0.25) is 11.8 Å². The summed E-state index contributed by atoms with van der Waals surface area (Å²) in [5.74, 6) is 0.00667. The molecule has 0 saturated carbocycles. The minimum atomic E-state index is -0.819. The molecule has 13 heavy (non-hydrogen) atoms. The SMILES string of the molecule is CC1(c2ccco2)CC(=O)NC1=O. The van der Waals surface area contributed by atoms with E-state index in [9.17, 15) is 9.59 Å². The van der Waals surface area contributed by atoms with Gasteiger partial charge in [0.15, 0.2) is 0 Å². The molecule has 0 radical (unpaired) electrons. The molecule has 0 aliphatic carbocycles. The van der Waals surface area contributed by atoms with Crippen molar-refractivity contribution in [1.29, 1.82) is 0 Å². The fourth-order valence-electron chi connectivity index (χ4n) is 1.50. The van der Waals surface area contributed by atoms with Crippen LogP contribution >= 0.6 is 0 Å². The molecule has 1 atom stereocenters. The average Bonchev–Trinajstić information content (AvgIpc) is 2.61. The number of furan rings is 1. The minimum Gasteiger partial charge on any atom is -0.468 e. The van der Waals surface area contributed by atoms with Crippen LogP contribution in [0.15, 0.2) is 22.8 Å². The van der Waals surface area contributed by atoms with Crippen LogP contribution in [0.2, 0.25) is 0 Å². The van der Waals surface area contributed by atoms with Gasteiger partial charge in [-0.25, -0.2) is 0 Å². The predicted molar refractivity (Wildman–Crippen MR) is 43.8 cm³/mol. The summed E-state index contributed by atoms with van der Waals surface area (Å²) < 4.78 is 5.13. The van der Waals surface area contributed by atoms with E-state index in [2.05, 4.69) is 5.32 Å². The van der Waals surface area contributed by atoms with Gasteiger partial charge in [0, 0.05) is 6.42 Å². The van der Waals surface area contributed by atoms with E-state index in [0.717, 1.165) is 0 Å². The first-order valence-corrected chi connectivity index (χ1v) is 4.01. The van der Waals surface area contributed by atoms with Gasteiger partial charge >= 0.3 is 0 Å². The summed E-state index contributed by atoms with van der Waals surface area (Å²) in [5.41, 5.74) is -0.819. The average molecular weight is 179 g/mol. The number of carbonyl (C=O) groups is 2. The third kappa shape index (κ3) is 1.06. The van der Waals surface area contributed by atoms with E-state index in [1.54, 1.807) is 19.1 Å². The van der Waals surface area contributed by atoms with E-state index in [1.807, 2.05) is 0 Å². The molecule has 68 valence electrons. The molecule has 1 aromatic heterocycles. The molecule has 0 aromatic carbocycles. The van der Waals surface area contributed by atoms with Crippen LogP contribution in [0.1, 0.15) is 19.1 Å². The van der Waals surface area contributed by atoms with Gasteiger partial charge in [-0.05, 0) is 19.1 Å². The first-order chi connectivity index (χ1) is 6.13. The number of nitrogens with one attached hydrogen (secondary N) is 1. The van der Waals surface area contributed by atoms with Crippen molar-refractivity contribution in [2.75, 3.05) is 0 Å². The van der Waals surface area contributed by atoms with E-state index in [0.29, 0.717) is 5.76 Å². The van der Waals surface area contributed by atoms with Gasteiger partial charge in [-0.1, -0.05) is 0 Å². The Kier molecular flexibility index (Phi) is 1.52. The van der Waals surface area contributed by atoms with Crippen LogP contribution in [0.5, 0.6) is 0 Å². The molecule has 2 heterocycles. The fraction of sp³-hybridized carbons (Fsp3) is 0.333. The summed E-state index contributed by atoms with van der Waals surface area (Å²) in [6.07, 6.45) is 1.66. The van der Waals surface area contributed by atoms with Crippen molar-refractivity contribution < 1.29 is 14.0 Å². The zero-order valence-corrected chi connectivity index (χ0v) is 7.16. The summed E-state index contributed by atoms with van der Waals surface area (Å²) in [6, 6.07) is 3.41. The highest BCUT2D eigenvalue weighted by Crippen LogP contribution is 2.31. The summed E-state index contributed by atoms with van der Waals surface area (Å²) in [5, 5.41) is 2.26. The van der Waals surface area contributed by atoms with E-state index in [1.165, 1.54) is 6.26 Å². The second-order valence-electron chi connectivity index (χ2n) is 3.36. The molecule has 1 unspecified atom stereocenters. The van der Waals surface area contributed by atoms with Crippen molar-refractivity contribution >= 4 is 11.8 Å². The summed E-state index contributed by atoms with van der Waals surface area (Å²) in [4.78, 5) is 22.4. The molecule has 2 amide bonds. The monoisotopic (exact) mass is 179 g/mol. The van der Waals surface area contributed by atoms with Crippen LogP contribution in [0, 0.1) is 0 Å². The zero-order chi connectivity index (χ0) is 9.47. The summed E-state index contributed by atoms with van der Waals surface area (Å²) in [7, 11) is 0.